The number of methoxy groups -OCH3 is 1. The van der Waals surface area contributed by atoms with E-state index in [2.05, 4.69) is 30.6 Å². The summed E-state index contributed by atoms with van der Waals surface area (Å²) in [6.45, 7) is 1.32. The van der Waals surface area contributed by atoms with Gasteiger partial charge in [0.25, 0.3) is 5.91 Å². The molecule has 0 aliphatic carbocycles. The molecule has 4 rings (SSSR count). The minimum Gasteiger partial charge on any atom is -0.495 e. The van der Waals surface area contributed by atoms with Gasteiger partial charge in [-0.15, -0.1) is 0 Å². The van der Waals surface area contributed by atoms with Gasteiger partial charge in [-0.25, -0.2) is 15.0 Å². The first-order valence-corrected chi connectivity index (χ1v) is 11.3. The summed E-state index contributed by atoms with van der Waals surface area (Å²) in [6.07, 6.45) is 6.55. The predicted molar refractivity (Wildman–Crippen MR) is 128 cm³/mol. The van der Waals surface area contributed by atoms with E-state index in [4.69, 9.17) is 16.3 Å². The minimum absolute atomic E-state index is 0.0236. The van der Waals surface area contributed by atoms with E-state index in [1.807, 2.05) is 11.0 Å². The third-order valence-corrected chi connectivity index (χ3v) is 5.86. The van der Waals surface area contributed by atoms with E-state index in [0.717, 1.165) is 24.9 Å². The van der Waals surface area contributed by atoms with Crippen molar-refractivity contribution in [3.8, 4) is 5.75 Å². The highest BCUT2D eigenvalue weighted by atomic mass is 35.5. The molecule has 3 heterocycles. The zero-order valence-electron chi connectivity index (χ0n) is 18.7. The molecule has 0 spiro atoms. The Kier molecular flexibility index (Phi) is 7.71. The molecular weight excluding hydrogens is 464 g/mol. The maximum Gasteiger partial charge on any atom is 0.256 e. The number of hydrogen-bond donors (Lipinski definition) is 3. The standard InChI is InChI=1S/C23H26ClN7O3/c1-34-19-6-5-15(10-18(19)24)11-27-21-17(22(33)28-13-20-25-7-3-8-26-20)12-29-23(30-21)31-9-2-4-16(31)14-32/h3,5-8,10,12,16,32H,2,4,9,11,13-14H2,1H3,(H,28,33)(H,27,29,30)/i2+1,4+1,9+1,14+1,16+1,31+1. The number of aromatic nitrogens is 4. The number of hydrogen-bond acceptors (Lipinski definition) is 9. The number of nitrogens with one attached hydrogen (secondary N) is 2. The van der Waals surface area contributed by atoms with E-state index < -0.39 is 0 Å². The molecule has 0 bridgehead atoms. The molecule has 10 nitrogen and oxygen atoms in total. The van der Waals surface area contributed by atoms with Crippen molar-refractivity contribution in [2.75, 3.05) is 30.5 Å². The number of rotatable bonds is 9. The number of aliphatic hydroxyl groups excluding tert-OH is 1. The zero-order chi connectivity index (χ0) is 23.9. The lowest BCUT2D eigenvalue weighted by Crippen LogP contribution is -2.34. The minimum atomic E-state index is -0.352. The lowest BCUT2D eigenvalue weighted by Gasteiger charge is -2.24. The molecule has 3 N–H and O–H groups in total. The van der Waals surface area contributed by atoms with Crippen LogP contribution in [-0.4, -0.2) is 57.3 Å². The molecular formula is C23H26ClN7O3. The van der Waals surface area contributed by atoms with Crippen LogP contribution in [0.4, 0.5) is 11.8 Å². The maximum atomic E-state index is 13.0. The largest absolute Gasteiger partial charge is 0.495 e. The fourth-order valence-electron chi connectivity index (χ4n) is 3.78. The first kappa shape index (κ1) is 23.7. The number of anilines is 2. The Morgan fingerprint density at radius 1 is 1.26 bits per heavy atom. The van der Waals surface area contributed by atoms with Crippen LogP contribution in [0.1, 0.15) is 34.6 Å². The van der Waals surface area contributed by atoms with Gasteiger partial charge in [-0.1, -0.05) is 17.7 Å². The second kappa shape index (κ2) is 11.1. The number of halogens is 1. The van der Waals surface area contributed by atoms with Gasteiger partial charge in [0.2, 0.25) is 5.95 Å². The smallest absolute Gasteiger partial charge is 0.256 e. The summed E-state index contributed by atoms with van der Waals surface area (Å²) in [5.41, 5.74) is 1.18. The SMILES string of the molecule is COc1ccc(CNc2nc([15N]3[13CH2][13CH2][13CH2][13CH]3[13CH2]O)ncc2C(=O)NCc2ncccn2)cc1Cl. The van der Waals surface area contributed by atoms with Gasteiger partial charge in [-0.05, 0) is 36.6 Å². The third-order valence-electron chi connectivity index (χ3n) is 5.57. The van der Waals surface area contributed by atoms with E-state index >= 15 is 0 Å². The molecule has 1 aromatic carbocycles. The second-order valence-electron chi connectivity index (χ2n) is 7.77. The van der Waals surface area contributed by atoms with Crippen LogP contribution in [0.2, 0.25) is 5.02 Å². The highest BCUT2D eigenvalue weighted by Crippen LogP contribution is 2.27. The van der Waals surface area contributed by atoms with Crippen molar-refractivity contribution < 1.29 is 14.6 Å². The molecule has 1 atom stereocenters. The summed E-state index contributed by atoms with van der Waals surface area (Å²) >= 11 is 6.25. The van der Waals surface area contributed by atoms with Crippen LogP contribution in [0.15, 0.2) is 42.9 Å². The van der Waals surface area contributed by atoms with Crippen molar-refractivity contribution in [2.24, 2.45) is 0 Å². The summed E-state index contributed by atoms with van der Waals surface area (Å²) in [6, 6.07) is 7.14. The summed E-state index contributed by atoms with van der Waals surface area (Å²) < 4.78 is 5.21. The van der Waals surface area contributed by atoms with Gasteiger partial charge in [0, 0.05) is 31.7 Å². The Labute approximate surface area is 202 Å². The van der Waals surface area contributed by atoms with Gasteiger partial charge in [0.1, 0.15) is 23.0 Å². The van der Waals surface area contributed by atoms with Gasteiger partial charge in [-0.2, -0.15) is 4.98 Å². The number of ether oxygens (including phenoxy) is 1. The molecule has 2 aromatic heterocycles. The van der Waals surface area contributed by atoms with E-state index in [9.17, 15) is 9.90 Å². The number of carbonyl (C=O) groups excluding carboxylic acids is 1. The number of amides is 1. The third kappa shape index (κ3) is 5.52. The van der Waals surface area contributed by atoms with E-state index in [1.165, 1.54) is 6.20 Å². The zero-order valence-corrected chi connectivity index (χ0v) is 19.5. The molecule has 11 heteroatoms. The van der Waals surface area contributed by atoms with Crippen molar-refractivity contribution in [1.29, 1.82) is 0 Å². The van der Waals surface area contributed by atoms with Gasteiger partial charge in [-0.3, -0.25) is 4.79 Å². The molecule has 1 saturated heterocycles. The number of aliphatic hydroxyl groups is 1. The molecule has 0 radical (unpaired) electrons. The monoisotopic (exact) mass is 489 g/mol. The molecule has 0 saturated carbocycles. The Bertz CT molecular complexity index is 1130. The predicted octanol–water partition coefficient (Wildman–Crippen LogP) is 2.43. The van der Waals surface area contributed by atoms with E-state index in [1.54, 1.807) is 37.7 Å². The van der Waals surface area contributed by atoms with Gasteiger partial charge < -0.3 is 25.4 Å². The summed E-state index contributed by atoms with van der Waals surface area (Å²) in [5.74, 6) is 1.58. The summed E-state index contributed by atoms with van der Waals surface area (Å²) in [7, 11) is 1.56. The van der Waals surface area contributed by atoms with Crippen LogP contribution < -0.4 is 20.3 Å². The molecule has 1 fully saturated rings. The highest BCUT2D eigenvalue weighted by molar-refractivity contribution is 6.32. The quantitative estimate of drug-likeness (QED) is 0.307. The molecule has 1 amide bonds. The average molecular weight is 490 g/mol. The number of benzene rings is 1. The molecule has 34 heavy (non-hydrogen) atoms. The molecule has 178 valence electrons. The normalized spacial score (nSPS) is 15.3. The highest BCUT2D eigenvalue weighted by Gasteiger charge is 2.27. The summed E-state index contributed by atoms with van der Waals surface area (Å²) in [5, 5.41) is 16.2. The van der Waals surface area contributed by atoms with Crippen LogP contribution in [0.25, 0.3) is 0 Å². The first-order chi connectivity index (χ1) is 16.6. The second-order valence-corrected chi connectivity index (χ2v) is 8.18. The van der Waals surface area contributed by atoms with Crippen LogP contribution >= 0.6 is 11.6 Å². The molecule has 1 aliphatic rings. The average Bonchev–Trinajstić information content (AvgIpc) is 3.35. The van der Waals surface area contributed by atoms with Gasteiger partial charge in [0.15, 0.2) is 0 Å². The lowest BCUT2D eigenvalue weighted by atomic mass is 10.2. The van der Waals surface area contributed by atoms with Crippen molar-refractivity contribution in [3.63, 3.8) is 0 Å². The van der Waals surface area contributed by atoms with Crippen LogP contribution in [-0.2, 0) is 13.1 Å². The van der Waals surface area contributed by atoms with Crippen LogP contribution in [0.5, 0.6) is 5.75 Å². The Balaban J connectivity index is 1.56. The van der Waals surface area contributed by atoms with Gasteiger partial charge >= 0.3 is 0 Å². The fraction of sp³-hybridized carbons (Fsp3) is 0.348. The lowest BCUT2D eigenvalue weighted by molar-refractivity contribution is 0.0950. The van der Waals surface area contributed by atoms with Crippen LogP contribution in [0, 0.1) is 0 Å². The van der Waals surface area contributed by atoms with Crippen molar-refractivity contribution >= 4 is 29.3 Å². The maximum absolute atomic E-state index is 13.0. The van der Waals surface area contributed by atoms with E-state index in [0.29, 0.717) is 40.5 Å². The molecule has 3 aromatic rings. The molecule has 1 unspecified atom stereocenters. The van der Waals surface area contributed by atoms with Gasteiger partial charge in [0.05, 0.1) is 31.3 Å². The van der Waals surface area contributed by atoms with Crippen molar-refractivity contribution in [3.05, 3.63) is 64.8 Å². The number of carbonyl (C=O) groups is 1. The molecule has 1 aliphatic heterocycles. The summed E-state index contributed by atoms with van der Waals surface area (Å²) in [4.78, 5) is 32.2. The fourth-order valence-corrected chi connectivity index (χ4v) is 4.06. The Morgan fingerprint density at radius 2 is 2.09 bits per heavy atom. The Hall–Kier alpha value is -3.50. The Morgan fingerprint density at radius 3 is 2.82 bits per heavy atom. The number of nitrogens with zero attached hydrogens (tertiary/aromatic N) is 5. The topological polar surface area (TPSA) is 125 Å². The first-order valence-electron chi connectivity index (χ1n) is 10.9. The van der Waals surface area contributed by atoms with Crippen molar-refractivity contribution in [1.82, 2.24) is 25.3 Å². The van der Waals surface area contributed by atoms with Crippen molar-refractivity contribution in [2.45, 2.75) is 32.0 Å². The van der Waals surface area contributed by atoms with E-state index in [-0.39, 0.29) is 25.1 Å². The van der Waals surface area contributed by atoms with Crippen LogP contribution in [0.3, 0.4) is 0 Å².